The van der Waals surface area contributed by atoms with E-state index >= 15 is 0 Å². The number of pyridine rings is 1. The molecule has 4 rings (SSSR count). The van der Waals surface area contributed by atoms with Crippen molar-refractivity contribution in [3.8, 4) is 0 Å². The van der Waals surface area contributed by atoms with Gasteiger partial charge in [-0.2, -0.15) is 0 Å². The van der Waals surface area contributed by atoms with E-state index in [1.54, 1.807) is 24.5 Å². The van der Waals surface area contributed by atoms with Crippen molar-refractivity contribution in [2.75, 3.05) is 23.5 Å². The van der Waals surface area contributed by atoms with Gasteiger partial charge in [-0.1, -0.05) is 12.1 Å². The Morgan fingerprint density at radius 3 is 2.53 bits per heavy atom. The molecule has 0 unspecified atom stereocenters. The highest BCUT2D eigenvalue weighted by molar-refractivity contribution is 6.37. The van der Waals surface area contributed by atoms with Crippen molar-refractivity contribution in [3.05, 3.63) is 83.7 Å². The second-order valence-electron chi connectivity index (χ2n) is 8.07. The normalized spacial score (nSPS) is 14.4. The van der Waals surface area contributed by atoms with Crippen molar-refractivity contribution in [2.24, 2.45) is 0 Å². The third-order valence-corrected chi connectivity index (χ3v) is 5.56. The van der Waals surface area contributed by atoms with Gasteiger partial charge in [0.1, 0.15) is 0 Å². The molecule has 0 saturated heterocycles. The van der Waals surface area contributed by atoms with E-state index in [9.17, 15) is 9.59 Å². The minimum atomic E-state index is -0.776. The first kappa shape index (κ1) is 21.1. The van der Waals surface area contributed by atoms with Crippen LogP contribution in [0.25, 0.3) is 11.3 Å². The van der Waals surface area contributed by atoms with Gasteiger partial charge >= 0.3 is 5.97 Å². The van der Waals surface area contributed by atoms with Gasteiger partial charge in [0.15, 0.2) is 0 Å². The SMILES string of the molecule is COC(=O)C(C)(C)c1ccc(N/C(=C2\C(=O)Nc3cc(N)ccc32)c2cccnc2)cc1. The Hall–Kier alpha value is -4.13. The summed E-state index contributed by atoms with van der Waals surface area (Å²) in [5.41, 5.74) is 10.6. The molecule has 32 heavy (non-hydrogen) atoms. The smallest absolute Gasteiger partial charge is 0.315 e. The van der Waals surface area contributed by atoms with E-state index in [0.717, 1.165) is 22.4 Å². The second kappa shape index (κ2) is 8.19. The summed E-state index contributed by atoms with van der Waals surface area (Å²) >= 11 is 0. The number of amides is 1. The van der Waals surface area contributed by atoms with Crippen molar-refractivity contribution in [1.29, 1.82) is 0 Å². The van der Waals surface area contributed by atoms with Gasteiger partial charge in [0.05, 0.1) is 29.5 Å². The van der Waals surface area contributed by atoms with Crippen LogP contribution in [0.3, 0.4) is 0 Å². The van der Waals surface area contributed by atoms with E-state index in [0.29, 0.717) is 22.6 Å². The lowest BCUT2D eigenvalue weighted by Crippen LogP contribution is -2.30. The number of carbonyl (C=O) groups is 2. The van der Waals surface area contributed by atoms with Gasteiger partial charge in [-0.05, 0) is 61.9 Å². The summed E-state index contributed by atoms with van der Waals surface area (Å²) in [4.78, 5) is 29.3. The van der Waals surface area contributed by atoms with Gasteiger partial charge in [-0.15, -0.1) is 0 Å². The molecule has 1 amide bonds. The highest BCUT2D eigenvalue weighted by atomic mass is 16.5. The van der Waals surface area contributed by atoms with E-state index in [2.05, 4.69) is 15.6 Å². The molecule has 2 aromatic carbocycles. The number of nitrogen functional groups attached to an aromatic ring is 1. The molecule has 0 spiro atoms. The summed E-state index contributed by atoms with van der Waals surface area (Å²) in [6, 6.07) is 16.5. The largest absolute Gasteiger partial charge is 0.468 e. The number of nitrogens with two attached hydrogens (primary N) is 1. The van der Waals surface area contributed by atoms with E-state index < -0.39 is 5.41 Å². The predicted molar refractivity (Wildman–Crippen MR) is 126 cm³/mol. The molecule has 1 aliphatic heterocycles. The van der Waals surface area contributed by atoms with E-state index in [1.807, 2.05) is 56.3 Å². The Labute approximate surface area is 186 Å². The van der Waals surface area contributed by atoms with Gasteiger partial charge < -0.3 is 21.1 Å². The van der Waals surface area contributed by atoms with Gasteiger partial charge in [-0.3, -0.25) is 14.6 Å². The van der Waals surface area contributed by atoms with E-state index in [4.69, 9.17) is 10.5 Å². The Bertz CT molecular complexity index is 1220. The number of methoxy groups -OCH3 is 1. The number of rotatable bonds is 5. The van der Waals surface area contributed by atoms with Crippen LogP contribution in [-0.2, 0) is 19.7 Å². The predicted octanol–water partition coefficient (Wildman–Crippen LogP) is 4.05. The monoisotopic (exact) mass is 428 g/mol. The number of fused-ring (bicyclic) bond motifs is 1. The maximum Gasteiger partial charge on any atom is 0.315 e. The number of hydrogen-bond donors (Lipinski definition) is 3. The average molecular weight is 428 g/mol. The average Bonchev–Trinajstić information content (AvgIpc) is 3.12. The Morgan fingerprint density at radius 1 is 1.12 bits per heavy atom. The van der Waals surface area contributed by atoms with Crippen LogP contribution >= 0.6 is 0 Å². The van der Waals surface area contributed by atoms with Crippen LogP contribution in [-0.4, -0.2) is 24.0 Å². The van der Waals surface area contributed by atoms with Crippen LogP contribution in [0.5, 0.6) is 0 Å². The van der Waals surface area contributed by atoms with Crippen molar-refractivity contribution < 1.29 is 14.3 Å². The Kier molecular flexibility index (Phi) is 5.40. The minimum absolute atomic E-state index is 0.222. The number of benzene rings is 2. The van der Waals surface area contributed by atoms with Crippen LogP contribution in [0.1, 0.15) is 30.5 Å². The molecule has 0 atom stereocenters. The number of esters is 1. The first-order chi connectivity index (χ1) is 15.3. The molecule has 2 heterocycles. The minimum Gasteiger partial charge on any atom is -0.468 e. The Balaban J connectivity index is 1.77. The topological polar surface area (TPSA) is 106 Å². The zero-order valence-electron chi connectivity index (χ0n) is 18.1. The summed E-state index contributed by atoms with van der Waals surface area (Å²) in [5, 5.41) is 6.26. The van der Waals surface area contributed by atoms with Crippen LogP contribution in [0.15, 0.2) is 67.0 Å². The standard InChI is InChI=1S/C25H24N4O3/c1-25(2,24(31)32-3)16-6-9-18(10-7-16)28-22(15-5-4-12-27-14-15)21-19-11-8-17(26)13-20(19)29-23(21)30/h4-14,28H,26H2,1-3H3,(H,29,30)/b22-21-. The number of carbonyl (C=O) groups excluding carboxylic acids is 2. The number of ether oxygens (including phenoxy) is 1. The fourth-order valence-electron chi connectivity index (χ4n) is 3.72. The van der Waals surface area contributed by atoms with E-state index in [-0.39, 0.29) is 11.9 Å². The molecular weight excluding hydrogens is 404 g/mol. The van der Waals surface area contributed by atoms with Gasteiger partial charge in [0, 0.05) is 34.9 Å². The number of aromatic nitrogens is 1. The summed E-state index contributed by atoms with van der Waals surface area (Å²) in [6.45, 7) is 3.63. The molecule has 0 fully saturated rings. The zero-order chi connectivity index (χ0) is 22.9. The zero-order valence-corrected chi connectivity index (χ0v) is 18.1. The van der Waals surface area contributed by atoms with E-state index in [1.165, 1.54) is 7.11 Å². The highest BCUT2D eigenvalue weighted by Crippen LogP contribution is 2.38. The van der Waals surface area contributed by atoms with Crippen molar-refractivity contribution in [2.45, 2.75) is 19.3 Å². The summed E-state index contributed by atoms with van der Waals surface area (Å²) in [6.07, 6.45) is 3.38. The lowest BCUT2D eigenvalue weighted by molar-refractivity contribution is -0.146. The molecule has 7 nitrogen and oxygen atoms in total. The molecule has 0 saturated carbocycles. The summed E-state index contributed by atoms with van der Waals surface area (Å²) in [5.74, 6) is -0.532. The van der Waals surface area contributed by atoms with Gasteiger partial charge in [0.25, 0.3) is 5.91 Å². The van der Waals surface area contributed by atoms with Gasteiger partial charge in [-0.25, -0.2) is 0 Å². The third-order valence-electron chi connectivity index (χ3n) is 5.56. The first-order valence-corrected chi connectivity index (χ1v) is 10.1. The number of hydrogen-bond acceptors (Lipinski definition) is 6. The lowest BCUT2D eigenvalue weighted by Gasteiger charge is -2.22. The summed E-state index contributed by atoms with van der Waals surface area (Å²) in [7, 11) is 1.38. The van der Waals surface area contributed by atoms with Gasteiger partial charge in [0.2, 0.25) is 0 Å². The van der Waals surface area contributed by atoms with Crippen molar-refractivity contribution in [1.82, 2.24) is 4.98 Å². The molecule has 162 valence electrons. The van der Waals surface area contributed by atoms with Crippen LogP contribution in [0, 0.1) is 0 Å². The van der Waals surface area contributed by atoms with Crippen molar-refractivity contribution >= 4 is 40.2 Å². The lowest BCUT2D eigenvalue weighted by atomic mass is 9.84. The highest BCUT2D eigenvalue weighted by Gasteiger charge is 2.31. The molecule has 0 aliphatic carbocycles. The summed E-state index contributed by atoms with van der Waals surface area (Å²) < 4.78 is 4.92. The maximum atomic E-state index is 12.9. The van der Waals surface area contributed by atoms with Crippen molar-refractivity contribution in [3.63, 3.8) is 0 Å². The molecule has 0 radical (unpaired) electrons. The Morgan fingerprint density at radius 2 is 1.88 bits per heavy atom. The molecule has 4 N–H and O–H groups in total. The number of nitrogens with one attached hydrogen (secondary N) is 2. The van der Waals surface area contributed by atoms with Crippen LogP contribution in [0.2, 0.25) is 0 Å². The molecule has 3 aromatic rings. The maximum absolute atomic E-state index is 12.9. The van der Waals surface area contributed by atoms with Crippen LogP contribution in [0.4, 0.5) is 17.1 Å². The third kappa shape index (κ3) is 3.80. The molecule has 1 aromatic heterocycles. The molecule has 1 aliphatic rings. The second-order valence-corrected chi connectivity index (χ2v) is 8.07. The number of nitrogens with zero attached hydrogens (tertiary/aromatic N) is 1. The fraction of sp³-hybridized carbons (Fsp3) is 0.160. The number of anilines is 3. The molecular formula is C25H24N4O3. The quantitative estimate of drug-likeness (QED) is 0.322. The molecule has 7 heteroatoms. The van der Waals surface area contributed by atoms with Crippen LogP contribution < -0.4 is 16.4 Å². The molecule has 0 bridgehead atoms. The fourth-order valence-corrected chi connectivity index (χ4v) is 3.72. The first-order valence-electron chi connectivity index (χ1n) is 10.1.